The van der Waals surface area contributed by atoms with E-state index in [4.69, 9.17) is 5.11 Å². The van der Waals surface area contributed by atoms with Crippen LogP contribution in [-0.4, -0.2) is 24.0 Å². The third-order valence-corrected chi connectivity index (χ3v) is 1.89. The lowest BCUT2D eigenvalue weighted by atomic mass is 10.0. The van der Waals surface area contributed by atoms with Gasteiger partial charge in [0.25, 0.3) is 0 Å². The number of hydrogen-bond acceptors (Lipinski definition) is 3. The number of benzene rings is 1. The Hall–Kier alpha value is -1.56. The van der Waals surface area contributed by atoms with Crippen molar-refractivity contribution in [3.05, 3.63) is 35.9 Å². The summed E-state index contributed by atoms with van der Waals surface area (Å²) in [5.74, 6) is -2.83. The molecule has 3 nitrogen and oxygen atoms in total. The molecule has 6 heteroatoms. The number of rotatable bonds is 3. The van der Waals surface area contributed by atoms with Crippen molar-refractivity contribution in [1.82, 2.24) is 0 Å². The summed E-state index contributed by atoms with van der Waals surface area (Å²) in [7, 11) is 0. The zero-order valence-electron chi connectivity index (χ0n) is 8.07. The number of carbonyl (C=O) groups is 1. The fraction of sp³-hybridized carbons (Fsp3) is 0.300. The molecular weight excluding hydrogens is 225 g/mol. The molecule has 1 atom stereocenters. The molecule has 1 rings (SSSR count). The summed E-state index contributed by atoms with van der Waals surface area (Å²) in [4.78, 5) is 11.1. The van der Waals surface area contributed by atoms with E-state index >= 15 is 0 Å². The number of esters is 1. The van der Waals surface area contributed by atoms with E-state index in [0.717, 1.165) is 0 Å². The van der Waals surface area contributed by atoms with Gasteiger partial charge in [0.05, 0.1) is 6.61 Å². The molecule has 0 aliphatic rings. The maximum absolute atomic E-state index is 11.8. The Bertz CT molecular complexity index is 348. The molecule has 0 aromatic heterocycles. The highest BCUT2D eigenvalue weighted by Crippen LogP contribution is 2.23. The van der Waals surface area contributed by atoms with Crippen molar-refractivity contribution in [2.75, 3.05) is 6.61 Å². The quantitative estimate of drug-likeness (QED) is 0.811. The Kier molecular flexibility index (Phi) is 3.89. The zero-order valence-corrected chi connectivity index (χ0v) is 8.07. The molecule has 0 saturated heterocycles. The summed E-state index contributed by atoms with van der Waals surface area (Å²) in [5.41, 5.74) is 0.277. The van der Waals surface area contributed by atoms with Crippen molar-refractivity contribution in [3.8, 4) is 0 Å². The molecule has 1 aromatic carbocycles. The predicted octanol–water partition coefficient (Wildman–Crippen LogP) is 1.83. The van der Waals surface area contributed by atoms with E-state index in [1.165, 1.54) is 12.1 Å². The lowest BCUT2D eigenvalue weighted by Gasteiger charge is -2.14. The lowest BCUT2D eigenvalue weighted by molar-refractivity contribution is -0.306. The minimum absolute atomic E-state index is 0.277. The van der Waals surface area contributed by atoms with Crippen LogP contribution in [0.5, 0.6) is 0 Å². The van der Waals surface area contributed by atoms with E-state index in [1.54, 1.807) is 18.2 Å². The molecule has 0 aliphatic carbocycles. The third kappa shape index (κ3) is 3.54. The van der Waals surface area contributed by atoms with E-state index in [2.05, 4.69) is 4.74 Å². The van der Waals surface area contributed by atoms with Crippen LogP contribution in [0.15, 0.2) is 30.3 Å². The van der Waals surface area contributed by atoms with Gasteiger partial charge >= 0.3 is 12.3 Å². The van der Waals surface area contributed by atoms with Gasteiger partial charge in [-0.3, -0.25) is 4.79 Å². The Labute approximate surface area is 89.5 Å². The first kappa shape index (κ1) is 12.5. The Morgan fingerprint density at radius 2 is 1.88 bits per heavy atom. The normalized spacial score (nSPS) is 13.2. The Morgan fingerprint density at radius 1 is 1.31 bits per heavy atom. The van der Waals surface area contributed by atoms with Crippen LogP contribution in [0.3, 0.4) is 0 Å². The first-order chi connectivity index (χ1) is 7.44. The summed E-state index contributed by atoms with van der Waals surface area (Å²) < 4.78 is 38.6. The maximum Gasteiger partial charge on any atom is 0.575 e. The van der Waals surface area contributed by atoms with Crippen LogP contribution >= 0.6 is 0 Å². The van der Waals surface area contributed by atoms with Crippen molar-refractivity contribution in [3.63, 3.8) is 0 Å². The molecule has 0 fully saturated rings. The van der Waals surface area contributed by atoms with E-state index < -0.39 is 24.9 Å². The van der Waals surface area contributed by atoms with Gasteiger partial charge in [0.1, 0.15) is 5.92 Å². The topological polar surface area (TPSA) is 46.5 Å². The second-order valence-electron chi connectivity index (χ2n) is 3.01. The molecule has 0 amide bonds. The largest absolute Gasteiger partial charge is 0.575 e. The number of hydrogen-bond donors (Lipinski definition) is 1. The third-order valence-electron chi connectivity index (χ3n) is 1.89. The number of carbonyl (C=O) groups excluding carboxylic acids is 1. The van der Waals surface area contributed by atoms with E-state index in [9.17, 15) is 18.0 Å². The first-order valence-electron chi connectivity index (χ1n) is 4.39. The summed E-state index contributed by atoms with van der Waals surface area (Å²) in [6.45, 7) is -0.737. The van der Waals surface area contributed by atoms with Crippen molar-refractivity contribution in [2.45, 2.75) is 12.3 Å². The van der Waals surface area contributed by atoms with Crippen LogP contribution in [-0.2, 0) is 9.53 Å². The van der Waals surface area contributed by atoms with Gasteiger partial charge in [-0.2, -0.15) is 0 Å². The van der Waals surface area contributed by atoms with Gasteiger partial charge < -0.3 is 9.84 Å². The molecule has 0 spiro atoms. The summed E-state index contributed by atoms with van der Waals surface area (Å²) >= 11 is 0. The minimum Gasteiger partial charge on any atom is -0.395 e. The Balaban J connectivity index is 2.80. The van der Waals surface area contributed by atoms with Crippen molar-refractivity contribution in [1.29, 1.82) is 0 Å². The molecule has 0 radical (unpaired) electrons. The second-order valence-corrected chi connectivity index (χ2v) is 3.01. The SMILES string of the molecule is O=C(OC(F)(F)F)C(CO)c1ccccc1. The van der Waals surface area contributed by atoms with Gasteiger partial charge in [0, 0.05) is 0 Å². The van der Waals surface area contributed by atoms with Crippen LogP contribution in [0.25, 0.3) is 0 Å². The first-order valence-corrected chi connectivity index (χ1v) is 4.39. The standard InChI is InChI=1S/C10H9F3O3/c11-10(12,13)16-9(15)8(6-14)7-4-2-1-3-5-7/h1-5,8,14H,6H2. The Morgan fingerprint density at radius 3 is 2.31 bits per heavy atom. The van der Waals surface area contributed by atoms with E-state index in [-0.39, 0.29) is 5.56 Å². The molecule has 0 bridgehead atoms. The van der Waals surface area contributed by atoms with E-state index in [0.29, 0.717) is 0 Å². The highest BCUT2D eigenvalue weighted by Gasteiger charge is 2.37. The summed E-state index contributed by atoms with van der Waals surface area (Å²) in [6, 6.07) is 7.64. The highest BCUT2D eigenvalue weighted by molar-refractivity contribution is 5.78. The predicted molar refractivity (Wildman–Crippen MR) is 48.4 cm³/mol. The van der Waals surface area contributed by atoms with Gasteiger partial charge in [0.15, 0.2) is 0 Å². The van der Waals surface area contributed by atoms with Gasteiger partial charge in [-0.05, 0) is 5.56 Å². The maximum atomic E-state index is 11.8. The fourth-order valence-corrected chi connectivity index (χ4v) is 1.19. The van der Waals surface area contributed by atoms with Gasteiger partial charge in [-0.1, -0.05) is 30.3 Å². The van der Waals surface area contributed by atoms with Crippen LogP contribution in [0, 0.1) is 0 Å². The van der Waals surface area contributed by atoms with Crippen LogP contribution in [0.4, 0.5) is 13.2 Å². The van der Waals surface area contributed by atoms with Gasteiger partial charge in [0.2, 0.25) is 0 Å². The molecular formula is C10H9F3O3. The number of aliphatic hydroxyl groups excluding tert-OH is 1. The molecule has 16 heavy (non-hydrogen) atoms. The molecule has 0 aliphatic heterocycles. The second kappa shape index (κ2) is 4.98. The van der Waals surface area contributed by atoms with Crippen LogP contribution in [0.1, 0.15) is 11.5 Å². The van der Waals surface area contributed by atoms with Gasteiger partial charge in [-0.25, -0.2) is 0 Å². The smallest absolute Gasteiger partial charge is 0.395 e. The summed E-state index contributed by atoms with van der Waals surface area (Å²) in [5, 5.41) is 8.88. The molecule has 1 N–H and O–H groups in total. The van der Waals surface area contributed by atoms with Crippen molar-refractivity contribution >= 4 is 5.97 Å². The van der Waals surface area contributed by atoms with Gasteiger partial charge in [-0.15, -0.1) is 13.2 Å². The van der Waals surface area contributed by atoms with Crippen molar-refractivity contribution < 1.29 is 27.8 Å². The molecule has 1 unspecified atom stereocenters. The number of halogens is 3. The molecule has 0 heterocycles. The molecule has 1 aromatic rings. The molecule has 0 saturated carbocycles. The fourth-order valence-electron chi connectivity index (χ4n) is 1.19. The van der Waals surface area contributed by atoms with Crippen LogP contribution < -0.4 is 0 Å². The number of ether oxygens (including phenoxy) is 1. The van der Waals surface area contributed by atoms with Crippen LogP contribution in [0.2, 0.25) is 0 Å². The average molecular weight is 234 g/mol. The average Bonchev–Trinajstić information content (AvgIpc) is 2.17. The minimum atomic E-state index is -5.03. The monoisotopic (exact) mass is 234 g/mol. The zero-order chi connectivity index (χ0) is 12.2. The number of alkyl halides is 3. The highest BCUT2D eigenvalue weighted by atomic mass is 19.4. The number of aliphatic hydroxyl groups is 1. The van der Waals surface area contributed by atoms with E-state index in [1.807, 2.05) is 0 Å². The lowest BCUT2D eigenvalue weighted by Crippen LogP contribution is -2.26. The van der Waals surface area contributed by atoms with Crippen molar-refractivity contribution in [2.24, 2.45) is 0 Å². The molecule has 88 valence electrons. The summed E-state index contributed by atoms with van der Waals surface area (Å²) in [6.07, 6.45) is -5.03.